The summed E-state index contributed by atoms with van der Waals surface area (Å²) >= 11 is 0. The van der Waals surface area contributed by atoms with Gasteiger partial charge in [0, 0.05) is 34.9 Å². The molecule has 0 unspecified atom stereocenters. The fourth-order valence-corrected chi connectivity index (χ4v) is 3.91. The summed E-state index contributed by atoms with van der Waals surface area (Å²) in [5, 5.41) is 1.94. The van der Waals surface area contributed by atoms with Gasteiger partial charge in [-0.25, -0.2) is 4.39 Å². The molecule has 0 fully saturated rings. The van der Waals surface area contributed by atoms with E-state index in [0.717, 1.165) is 33.3 Å². The van der Waals surface area contributed by atoms with Gasteiger partial charge in [0.25, 0.3) is 0 Å². The highest BCUT2D eigenvalue weighted by atomic mass is 19.1. The lowest BCUT2D eigenvalue weighted by Crippen LogP contribution is -2.36. The van der Waals surface area contributed by atoms with Gasteiger partial charge in [-0.05, 0) is 43.7 Å². The summed E-state index contributed by atoms with van der Waals surface area (Å²) in [6, 6.07) is 19.2. The van der Waals surface area contributed by atoms with Crippen LogP contribution in [0.15, 0.2) is 77.5 Å². The number of hydrogen-bond donors (Lipinski definition) is 0. The molecule has 1 aliphatic heterocycles. The Morgan fingerprint density at radius 3 is 2.44 bits per heavy atom. The highest BCUT2D eigenvalue weighted by molar-refractivity contribution is 6.09. The normalized spacial score (nSPS) is 16.8. The van der Waals surface area contributed by atoms with Gasteiger partial charge in [-0.1, -0.05) is 30.3 Å². The van der Waals surface area contributed by atoms with E-state index in [4.69, 9.17) is 4.42 Å². The molecular formula is C23H19FN2O. The Kier molecular flexibility index (Phi) is 3.47. The predicted molar refractivity (Wildman–Crippen MR) is 108 cm³/mol. The van der Waals surface area contributed by atoms with Crippen LogP contribution in [0.1, 0.15) is 12.5 Å². The molecule has 0 spiro atoms. The highest BCUT2D eigenvalue weighted by Crippen LogP contribution is 2.40. The number of benzene rings is 3. The van der Waals surface area contributed by atoms with Crippen molar-refractivity contribution in [1.29, 1.82) is 0 Å². The van der Waals surface area contributed by atoms with Crippen LogP contribution in [0, 0.1) is 12.7 Å². The number of furan rings is 1. The summed E-state index contributed by atoms with van der Waals surface area (Å²) < 4.78 is 19.8. The van der Waals surface area contributed by atoms with Crippen LogP contribution in [0.2, 0.25) is 0 Å². The van der Waals surface area contributed by atoms with E-state index in [2.05, 4.69) is 60.3 Å². The second-order valence-corrected chi connectivity index (χ2v) is 6.93. The molecule has 134 valence electrons. The summed E-state index contributed by atoms with van der Waals surface area (Å²) in [5.41, 5.74) is 4.65. The van der Waals surface area contributed by atoms with Crippen LogP contribution in [-0.4, -0.2) is 6.17 Å². The van der Waals surface area contributed by atoms with Gasteiger partial charge >= 0.3 is 0 Å². The smallest absolute Gasteiger partial charge is 0.159 e. The molecular weight excluding hydrogens is 339 g/mol. The van der Waals surface area contributed by atoms with Crippen LogP contribution < -0.4 is 9.80 Å². The van der Waals surface area contributed by atoms with E-state index in [0.29, 0.717) is 5.58 Å². The third-order valence-electron chi connectivity index (χ3n) is 5.28. The Morgan fingerprint density at radius 1 is 0.889 bits per heavy atom. The summed E-state index contributed by atoms with van der Waals surface area (Å²) in [7, 11) is 0. The average molecular weight is 358 g/mol. The molecule has 5 rings (SSSR count). The molecule has 1 aliphatic rings. The Balaban J connectivity index is 1.66. The van der Waals surface area contributed by atoms with Gasteiger partial charge in [-0.15, -0.1) is 0 Å². The molecule has 0 N–H and O–H groups in total. The summed E-state index contributed by atoms with van der Waals surface area (Å²) in [6.45, 7) is 4.24. The fourth-order valence-electron chi connectivity index (χ4n) is 3.91. The molecule has 0 bridgehead atoms. The molecule has 4 heteroatoms. The van der Waals surface area contributed by atoms with Crippen molar-refractivity contribution in [3.63, 3.8) is 0 Å². The zero-order valence-corrected chi connectivity index (χ0v) is 15.2. The molecule has 3 nitrogen and oxygen atoms in total. The van der Waals surface area contributed by atoms with E-state index < -0.39 is 0 Å². The van der Waals surface area contributed by atoms with Crippen LogP contribution in [0.5, 0.6) is 0 Å². The highest BCUT2D eigenvalue weighted by Gasteiger charge is 2.28. The van der Waals surface area contributed by atoms with Crippen molar-refractivity contribution < 1.29 is 8.81 Å². The minimum Gasteiger partial charge on any atom is -0.454 e. The average Bonchev–Trinajstić information content (AvgIpc) is 3.22. The Bertz CT molecular complexity index is 1180. The lowest BCUT2D eigenvalue weighted by atomic mass is 10.1. The van der Waals surface area contributed by atoms with E-state index in [1.165, 1.54) is 12.1 Å². The molecule has 0 radical (unpaired) electrons. The largest absolute Gasteiger partial charge is 0.454 e. The van der Waals surface area contributed by atoms with Gasteiger partial charge in [0.05, 0.1) is 5.69 Å². The van der Waals surface area contributed by atoms with Crippen LogP contribution in [-0.2, 0) is 0 Å². The Morgan fingerprint density at radius 2 is 1.63 bits per heavy atom. The van der Waals surface area contributed by atoms with Crippen LogP contribution >= 0.6 is 0 Å². The first kappa shape index (κ1) is 15.9. The monoisotopic (exact) mass is 358 g/mol. The Hall–Kier alpha value is -3.27. The van der Waals surface area contributed by atoms with E-state index in [9.17, 15) is 4.39 Å². The van der Waals surface area contributed by atoms with E-state index in [1.807, 2.05) is 18.2 Å². The van der Waals surface area contributed by atoms with Gasteiger partial charge in [0.1, 0.15) is 17.6 Å². The zero-order chi connectivity index (χ0) is 18.5. The van der Waals surface area contributed by atoms with E-state index in [-0.39, 0.29) is 12.0 Å². The molecule has 27 heavy (non-hydrogen) atoms. The molecule has 0 aliphatic carbocycles. The molecule has 1 aromatic heterocycles. The standard InChI is InChI=1S/C23H19FN2O/c1-15-8-10-20-19-11-9-17(24)14-21(19)27-23(20)22(15)26-13-12-25(16(26)2)18-6-4-3-5-7-18/h3-14,16H,1-2H3/t16-/m0/s1. The summed E-state index contributed by atoms with van der Waals surface area (Å²) in [6.07, 6.45) is 4.26. The first-order valence-electron chi connectivity index (χ1n) is 9.05. The van der Waals surface area contributed by atoms with Crippen molar-refractivity contribution in [2.45, 2.75) is 20.0 Å². The number of anilines is 2. The van der Waals surface area contributed by atoms with Gasteiger partial charge in [0.15, 0.2) is 5.58 Å². The van der Waals surface area contributed by atoms with Gasteiger partial charge in [0.2, 0.25) is 0 Å². The van der Waals surface area contributed by atoms with Crippen LogP contribution in [0.25, 0.3) is 21.9 Å². The maximum Gasteiger partial charge on any atom is 0.159 e. The number of nitrogens with zero attached hydrogens (tertiary/aromatic N) is 2. The molecule has 1 atom stereocenters. The van der Waals surface area contributed by atoms with Crippen molar-refractivity contribution in [1.82, 2.24) is 0 Å². The van der Waals surface area contributed by atoms with Crippen molar-refractivity contribution in [2.24, 2.45) is 0 Å². The quantitative estimate of drug-likeness (QED) is 0.427. The molecule has 2 heterocycles. The van der Waals surface area contributed by atoms with Crippen molar-refractivity contribution in [3.8, 4) is 0 Å². The molecule has 0 amide bonds. The van der Waals surface area contributed by atoms with E-state index >= 15 is 0 Å². The summed E-state index contributed by atoms with van der Waals surface area (Å²) in [4.78, 5) is 4.43. The predicted octanol–water partition coefficient (Wildman–Crippen LogP) is 6.18. The maximum atomic E-state index is 13.7. The number of hydrogen-bond acceptors (Lipinski definition) is 3. The van der Waals surface area contributed by atoms with Crippen molar-refractivity contribution in [2.75, 3.05) is 9.80 Å². The maximum absolute atomic E-state index is 13.7. The molecule has 4 aromatic rings. The van der Waals surface area contributed by atoms with Gasteiger partial charge in [-0.3, -0.25) is 0 Å². The Labute approximate surface area is 156 Å². The second-order valence-electron chi connectivity index (χ2n) is 6.93. The number of para-hydroxylation sites is 1. The number of fused-ring (bicyclic) bond motifs is 3. The number of rotatable bonds is 2. The van der Waals surface area contributed by atoms with Gasteiger partial charge < -0.3 is 14.2 Å². The third kappa shape index (κ3) is 2.40. The first-order chi connectivity index (χ1) is 13.1. The zero-order valence-electron chi connectivity index (χ0n) is 15.2. The number of halogens is 1. The lowest BCUT2D eigenvalue weighted by Gasteiger charge is -2.30. The van der Waals surface area contributed by atoms with E-state index in [1.54, 1.807) is 6.07 Å². The SMILES string of the molecule is Cc1ccc2c(oc3cc(F)ccc32)c1N1C=CN(c2ccccc2)[C@@H]1C. The minimum atomic E-state index is -0.287. The number of aryl methyl sites for hydroxylation is 1. The van der Waals surface area contributed by atoms with Gasteiger partial charge in [-0.2, -0.15) is 0 Å². The van der Waals surface area contributed by atoms with Crippen molar-refractivity contribution in [3.05, 3.63) is 84.4 Å². The fraction of sp³-hybridized carbons (Fsp3) is 0.130. The van der Waals surface area contributed by atoms with Crippen molar-refractivity contribution >= 4 is 33.3 Å². The third-order valence-corrected chi connectivity index (χ3v) is 5.28. The van der Waals surface area contributed by atoms with Crippen LogP contribution in [0.4, 0.5) is 15.8 Å². The topological polar surface area (TPSA) is 19.6 Å². The van der Waals surface area contributed by atoms with Crippen LogP contribution in [0.3, 0.4) is 0 Å². The first-order valence-corrected chi connectivity index (χ1v) is 9.05. The summed E-state index contributed by atoms with van der Waals surface area (Å²) in [5.74, 6) is -0.287. The molecule has 0 saturated heterocycles. The lowest BCUT2D eigenvalue weighted by molar-refractivity contribution is 0.617. The second kappa shape index (κ2) is 5.88. The minimum absolute atomic E-state index is 0.0987. The molecule has 3 aromatic carbocycles. The molecule has 0 saturated carbocycles.